The minimum atomic E-state index is 0.00778. The molecule has 0 bridgehead atoms. The molecule has 1 N–H and O–H groups in total. The van der Waals surface area contributed by atoms with Crippen molar-refractivity contribution < 1.29 is 14.3 Å². The Hall–Kier alpha value is -2.27. The zero-order chi connectivity index (χ0) is 17.1. The number of hydrogen-bond donors (Lipinski definition) is 1. The molecular weight excluding hydrogens is 334 g/mol. The van der Waals surface area contributed by atoms with Gasteiger partial charge in [0.2, 0.25) is 6.79 Å². The summed E-state index contributed by atoms with van der Waals surface area (Å²) in [7, 11) is 0. The van der Waals surface area contributed by atoms with Crippen LogP contribution in [0.15, 0.2) is 42.0 Å². The highest BCUT2D eigenvalue weighted by Gasteiger charge is 2.16. The summed E-state index contributed by atoms with van der Waals surface area (Å²) in [5.74, 6) is 1.54. The van der Waals surface area contributed by atoms with Crippen molar-refractivity contribution in [1.82, 2.24) is 5.32 Å². The molecule has 1 aliphatic heterocycles. The Bertz CT molecular complexity index is 809. The van der Waals surface area contributed by atoms with E-state index in [0.29, 0.717) is 6.54 Å². The highest BCUT2D eigenvalue weighted by molar-refractivity contribution is 7.17. The fourth-order valence-corrected chi connectivity index (χ4v) is 4.14. The lowest BCUT2D eigenvalue weighted by Crippen LogP contribution is -2.23. The summed E-state index contributed by atoms with van der Waals surface area (Å²) < 4.78 is 10.8. The van der Waals surface area contributed by atoms with E-state index in [1.165, 1.54) is 42.6 Å². The molecule has 2 aliphatic rings. The molecule has 1 amide bonds. The molecule has 25 heavy (non-hydrogen) atoms. The third-order valence-electron chi connectivity index (χ3n) is 4.60. The first-order valence-electron chi connectivity index (χ1n) is 8.75. The van der Waals surface area contributed by atoms with E-state index in [9.17, 15) is 4.79 Å². The van der Waals surface area contributed by atoms with Crippen molar-refractivity contribution in [3.05, 3.63) is 46.9 Å². The number of fused-ring (bicyclic) bond motifs is 1. The number of nitrogens with one attached hydrogen (secondary N) is 1. The van der Waals surface area contributed by atoms with Gasteiger partial charge in [-0.3, -0.25) is 4.79 Å². The Kier molecular flexibility index (Phi) is 4.74. The van der Waals surface area contributed by atoms with Crippen molar-refractivity contribution in [2.45, 2.75) is 32.1 Å². The molecule has 1 aromatic heterocycles. The van der Waals surface area contributed by atoms with E-state index in [1.54, 1.807) is 0 Å². The zero-order valence-corrected chi connectivity index (χ0v) is 14.9. The maximum absolute atomic E-state index is 12.4. The van der Waals surface area contributed by atoms with Gasteiger partial charge in [-0.2, -0.15) is 0 Å². The van der Waals surface area contributed by atoms with E-state index < -0.39 is 0 Å². The quantitative estimate of drug-likeness (QED) is 0.786. The van der Waals surface area contributed by atoms with E-state index in [-0.39, 0.29) is 12.7 Å². The standard InChI is InChI=1S/C20H21NO3S/c22-20(21-11-10-14-4-2-1-3-5-14)19-9-8-18(25-19)15-6-7-16-17(12-15)24-13-23-16/h4,6-9,12H,1-3,5,10-11,13H2,(H,21,22). The van der Waals surface area contributed by atoms with Gasteiger partial charge in [-0.05, 0) is 68.0 Å². The summed E-state index contributed by atoms with van der Waals surface area (Å²) >= 11 is 1.50. The van der Waals surface area contributed by atoms with Crippen LogP contribution in [0.4, 0.5) is 0 Å². The van der Waals surface area contributed by atoms with Crippen LogP contribution < -0.4 is 14.8 Å². The van der Waals surface area contributed by atoms with E-state index in [0.717, 1.165) is 33.2 Å². The molecule has 0 saturated heterocycles. The topological polar surface area (TPSA) is 47.6 Å². The van der Waals surface area contributed by atoms with Gasteiger partial charge >= 0.3 is 0 Å². The predicted molar refractivity (Wildman–Crippen MR) is 99.4 cm³/mol. The first-order valence-corrected chi connectivity index (χ1v) is 9.57. The van der Waals surface area contributed by atoms with Crippen LogP contribution in [0.1, 0.15) is 41.8 Å². The summed E-state index contributed by atoms with van der Waals surface area (Å²) in [6, 6.07) is 9.75. The summed E-state index contributed by atoms with van der Waals surface area (Å²) in [6.07, 6.45) is 8.25. The van der Waals surface area contributed by atoms with Crippen molar-refractivity contribution in [1.29, 1.82) is 0 Å². The lowest BCUT2D eigenvalue weighted by molar-refractivity contribution is 0.0958. The second-order valence-corrected chi connectivity index (χ2v) is 7.43. The number of carbonyl (C=O) groups excluding carboxylic acids is 1. The number of benzene rings is 1. The van der Waals surface area contributed by atoms with Crippen LogP contribution in [0.25, 0.3) is 10.4 Å². The molecule has 5 heteroatoms. The van der Waals surface area contributed by atoms with Gasteiger partial charge in [0, 0.05) is 11.4 Å². The van der Waals surface area contributed by atoms with Crippen LogP contribution in [0.3, 0.4) is 0 Å². The van der Waals surface area contributed by atoms with Gasteiger partial charge in [0.05, 0.1) is 4.88 Å². The fourth-order valence-electron chi connectivity index (χ4n) is 3.22. The molecule has 0 fully saturated rings. The molecular formula is C20H21NO3S. The molecule has 0 spiro atoms. The number of amides is 1. The number of carbonyl (C=O) groups is 1. The van der Waals surface area contributed by atoms with Crippen molar-refractivity contribution in [2.24, 2.45) is 0 Å². The molecule has 0 saturated carbocycles. The second-order valence-electron chi connectivity index (χ2n) is 6.35. The van der Waals surface area contributed by atoms with Gasteiger partial charge in [0.1, 0.15) is 0 Å². The van der Waals surface area contributed by atoms with Crippen LogP contribution in [0, 0.1) is 0 Å². The lowest BCUT2D eigenvalue weighted by Gasteiger charge is -2.12. The molecule has 0 atom stereocenters. The smallest absolute Gasteiger partial charge is 0.261 e. The number of hydrogen-bond acceptors (Lipinski definition) is 4. The Morgan fingerprint density at radius 3 is 2.92 bits per heavy atom. The highest BCUT2D eigenvalue weighted by atomic mass is 32.1. The Morgan fingerprint density at radius 1 is 1.12 bits per heavy atom. The number of allylic oxidation sites excluding steroid dienone is 1. The minimum absolute atomic E-state index is 0.00778. The van der Waals surface area contributed by atoms with Crippen molar-refractivity contribution in [3.8, 4) is 21.9 Å². The molecule has 0 unspecified atom stereocenters. The maximum Gasteiger partial charge on any atom is 0.261 e. The van der Waals surface area contributed by atoms with Gasteiger partial charge < -0.3 is 14.8 Å². The monoisotopic (exact) mass is 355 g/mol. The van der Waals surface area contributed by atoms with Gasteiger partial charge in [-0.15, -0.1) is 11.3 Å². The average Bonchev–Trinajstić information content (AvgIpc) is 3.31. The van der Waals surface area contributed by atoms with Crippen LogP contribution >= 0.6 is 11.3 Å². The van der Waals surface area contributed by atoms with Gasteiger partial charge in [0.25, 0.3) is 5.91 Å². The zero-order valence-electron chi connectivity index (χ0n) is 14.0. The van der Waals surface area contributed by atoms with Crippen LogP contribution in [-0.4, -0.2) is 19.2 Å². The maximum atomic E-state index is 12.4. The molecule has 2 heterocycles. The fraction of sp³-hybridized carbons (Fsp3) is 0.350. The molecule has 1 aliphatic carbocycles. The van der Waals surface area contributed by atoms with Crippen LogP contribution in [0.2, 0.25) is 0 Å². The van der Waals surface area contributed by atoms with E-state index in [2.05, 4.69) is 11.4 Å². The summed E-state index contributed by atoms with van der Waals surface area (Å²) in [5, 5.41) is 3.04. The molecule has 4 nitrogen and oxygen atoms in total. The predicted octanol–water partition coefficient (Wildman–Crippen LogP) is 4.76. The van der Waals surface area contributed by atoms with Crippen molar-refractivity contribution in [3.63, 3.8) is 0 Å². The third kappa shape index (κ3) is 3.71. The molecule has 130 valence electrons. The largest absolute Gasteiger partial charge is 0.454 e. The third-order valence-corrected chi connectivity index (χ3v) is 5.74. The van der Waals surface area contributed by atoms with E-state index in [4.69, 9.17) is 9.47 Å². The normalized spacial score (nSPS) is 15.8. The van der Waals surface area contributed by atoms with Crippen molar-refractivity contribution >= 4 is 17.2 Å². The summed E-state index contributed by atoms with van der Waals surface area (Å²) in [6.45, 7) is 0.981. The van der Waals surface area contributed by atoms with E-state index >= 15 is 0 Å². The first-order chi connectivity index (χ1) is 12.3. The van der Waals surface area contributed by atoms with Crippen LogP contribution in [-0.2, 0) is 0 Å². The Balaban J connectivity index is 1.37. The first kappa shape index (κ1) is 16.2. The number of thiophene rings is 1. The average molecular weight is 355 g/mol. The van der Waals surface area contributed by atoms with Crippen molar-refractivity contribution in [2.75, 3.05) is 13.3 Å². The number of ether oxygens (including phenoxy) is 2. The Morgan fingerprint density at radius 2 is 2.04 bits per heavy atom. The molecule has 0 radical (unpaired) electrons. The van der Waals surface area contributed by atoms with Gasteiger partial charge in [0.15, 0.2) is 11.5 Å². The summed E-state index contributed by atoms with van der Waals surface area (Å²) in [5.41, 5.74) is 2.53. The van der Waals surface area contributed by atoms with E-state index in [1.807, 2.05) is 30.3 Å². The molecule has 2 aromatic rings. The Labute approximate surface area is 151 Å². The van der Waals surface area contributed by atoms with Crippen LogP contribution in [0.5, 0.6) is 11.5 Å². The highest BCUT2D eigenvalue weighted by Crippen LogP contribution is 2.37. The molecule has 4 rings (SSSR count). The SMILES string of the molecule is O=C(NCCC1=CCCCC1)c1ccc(-c2ccc3c(c2)OCO3)s1. The molecule has 1 aromatic carbocycles. The lowest BCUT2D eigenvalue weighted by atomic mass is 9.97. The van der Waals surface area contributed by atoms with Gasteiger partial charge in [-0.25, -0.2) is 0 Å². The minimum Gasteiger partial charge on any atom is -0.454 e. The second kappa shape index (κ2) is 7.31. The summed E-state index contributed by atoms with van der Waals surface area (Å²) in [4.78, 5) is 14.1. The number of rotatable bonds is 5. The van der Waals surface area contributed by atoms with Gasteiger partial charge in [-0.1, -0.05) is 11.6 Å².